The average Bonchev–Trinajstić information content (AvgIpc) is 3.00. The highest BCUT2D eigenvalue weighted by molar-refractivity contribution is 6.36. The van der Waals surface area contributed by atoms with Crippen LogP contribution in [0.2, 0.25) is 10.0 Å². The minimum Gasteiger partial charge on any atom is -0.494 e. The molecule has 0 spiro atoms. The lowest BCUT2D eigenvalue weighted by Gasteiger charge is -2.27. The summed E-state index contributed by atoms with van der Waals surface area (Å²) in [7, 11) is 1.78. The van der Waals surface area contributed by atoms with Crippen molar-refractivity contribution < 1.29 is 4.74 Å². The van der Waals surface area contributed by atoms with Crippen molar-refractivity contribution in [2.24, 2.45) is 4.99 Å². The van der Waals surface area contributed by atoms with Gasteiger partial charge in [-0.3, -0.25) is 15.4 Å². The predicted molar refractivity (Wildman–Crippen MR) is 100 cm³/mol. The van der Waals surface area contributed by atoms with Crippen molar-refractivity contribution in [2.75, 3.05) is 18.7 Å². The number of rotatable bonds is 4. The zero-order valence-corrected chi connectivity index (χ0v) is 15.1. The van der Waals surface area contributed by atoms with E-state index in [4.69, 9.17) is 27.9 Å². The molecule has 1 aliphatic rings. The third-order valence-corrected chi connectivity index (χ3v) is 4.50. The number of halogens is 2. The molecule has 1 fully saturated rings. The van der Waals surface area contributed by atoms with Crippen LogP contribution in [0, 0.1) is 0 Å². The Bertz CT molecular complexity index is 746. The van der Waals surface area contributed by atoms with Gasteiger partial charge in [0.1, 0.15) is 11.6 Å². The van der Waals surface area contributed by atoms with E-state index in [0.29, 0.717) is 16.7 Å². The highest BCUT2D eigenvalue weighted by Crippen LogP contribution is 2.37. The van der Waals surface area contributed by atoms with E-state index in [1.54, 1.807) is 13.1 Å². The average molecular weight is 364 g/mol. The molecule has 1 unspecified atom stereocenters. The van der Waals surface area contributed by atoms with E-state index in [2.05, 4.69) is 22.6 Å². The van der Waals surface area contributed by atoms with E-state index in [1.165, 1.54) is 0 Å². The molecule has 1 aliphatic heterocycles. The lowest BCUT2D eigenvalue weighted by Crippen LogP contribution is -2.35. The molecule has 3 rings (SSSR count). The number of aliphatic imine (C=N–C) groups is 1. The number of nitrogens with zero attached hydrogens (tertiary/aromatic N) is 2. The third-order valence-electron chi connectivity index (χ3n) is 3.96. The summed E-state index contributed by atoms with van der Waals surface area (Å²) in [5, 5.41) is 3.25. The van der Waals surface area contributed by atoms with Gasteiger partial charge in [0.15, 0.2) is 0 Å². The SMILES string of the molecule is CCOc1ccc(C2CC(=NC)NN2c2ccc(Cl)cc2Cl)cc1. The molecule has 2 aromatic carbocycles. The molecule has 0 bridgehead atoms. The number of anilines is 1. The van der Waals surface area contributed by atoms with Crippen LogP contribution in [0.15, 0.2) is 47.5 Å². The molecule has 0 amide bonds. The van der Waals surface area contributed by atoms with Crippen molar-refractivity contribution in [3.05, 3.63) is 58.1 Å². The zero-order valence-electron chi connectivity index (χ0n) is 13.6. The van der Waals surface area contributed by atoms with Gasteiger partial charge in [-0.2, -0.15) is 0 Å². The largest absolute Gasteiger partial charge is 0.494 e. The van der Waals surface area contributed by atoms with Crippen LogP contribution in [0.1, 0.15) is 24.9 Å². The Morgan fingerprint density at radius 2 is 1.96 bits per heavy atom. The van der Waals surface area contributed by atoms with Gasteiger partial charge in [-0.05, 0) is 42.8 Å². The first-order valence-electron chi connectivity index (χ1n) is 7.81. The molecule has 1 heterocycles. The number of amidine groups is 1. The first kappa shape index (κ1) is 16.9. The van der Waals surface area contributed by atoms with Gasteiger partial charge >= 0.3 is 0 Å². The molecule has 4 nitrogen and oxygen atoms in total. The Morgan fingerprint density at radius 1 is 1.21 bits per heavy atom. The van der Waals surface area contributed by atoms with Crippen LogP contribution in [-0.2, 0) is 0 Å². The molecule has 1 atom stereocenters. The first-order valence-corrected chi connectivity index (χ1v) is 8.57. The Balaban J connectivity index is 1.94. The quantitative estimate of drug-likeness (QED) is 0.840. The van der Waals surface area contributed by atoms with E-state index in [1.807, 2.05) is 36.2 Å². The molecule has 0 aliphatic carbocycles. The van der Waals surface area contributed by atoms with Crippen molar-refractivity contribution in [1.29, 1.82) is 0 Å². The second-order valence-electron chi connectivity index (χ2n) is 5.47. The Labute approximate surface area is 152 Å². The highest BCUT2D eigenvalue weighted by atomic mass is 35.5. The Kier molecular flexibility index (Phi) is 5.17. The molecule has 6 heteroatoms. The monoisotopic (exact) mass is 363 g/mol. The van der Waals surface area contributed by atoms with Crippen LogP contribution in [-0.4, -0.2) is 19.5 Å². The van der Waals surface area contributed by atoms with Crippen molar-refractivity contribution >= 4 is 34.7 Å². The van der Waals surface area contributed by atoms with Crippen LogP contribution < -0.4 is 15.2 Å². The maximum atomic E-state index is 6.39. The van der Waals surface area contributed by atoms with Crippen LogP contribution >= 0.6 is 23.2 Å². The van der Waals surface area contributed by atoms with Gasteiger partial charge in [0.2, 0.25) is 0 Å². The van der Waals surface area contributed by atoms with Crippen molar-refractivity contribution in [3.63, 3.8) is 0 Å². The van der Waals surface area contributed by atoms with Gasteiger partial charge in [-0.25, -0.2) is 0 Å². The van der Waals surface area contributed by atoms with Crippen molar-refractivity contribution in [3.8, 4) is 5.75 Å². The Hall–Kier alpha value is -1.91. The van der Waals surface area contributed by atoms with E-state index in [-0.39, 0.29) is 6.04 Å². The van der Waals surface area contributed by atoms with Crippen molar-refractivity contribution in [2.45, 2.75) is 19.4 Å². The fourth-order valence-corrected chi connectivity index (χ4v) is 3.30. The molecule has 0 radical (unpaired) electrons. The minimum atomic E-state index is 0.0954. The van der Waals surface area contributed by atoms with Gasteiger partial charge in [-0.1, -0.05) is 35.3 Å². The highest BCUT2D eigenvalue weighted by Gasteiger charge is 2.31. The predicted octanol–water partition coefficient (Wildman–Crippen LogP) is 4.88. The summed E-state index contributed by atoms with van der Waals surface area (Å²) >= 11 is 12.4. The molecular formula is C18H19Cl2N3O. The maximum Gasteiger partial charge on any atom is 0.119 e. The molecule has 126 valence electrons. The summed E-state index contributed by atoms with van der Waals surface area (Å²) in [6.45, 7) is 2.63. The van der Waals surface area contributed by atoms with Crippen molar-refractivity contribution in [1.82, 2.24) is 5.43 Å². The smallest absolute Gasteiger partial charge is 0.119 e. The second kappa shape index (κ2) is 7.32. The molecule has 1 N–H and O–H groups in total. The number of ether oxygens (including phenoxy) is 1. The number of benzene rings is 2. The summed E-state index contributed by atoms with van der Waals surface area (Å²) in [6, 6.07) is 13.7. The fraction of sp³-hybridized carbons (Fsp3) is 0.278. The second-order valence-corrected chi connectivity index (χ2v) is 6.31. The normalized spacial score (nSPS) is 18.8. The summed E-state index contributed by atoms with van der Waals surface area (Å²) in [4.78, 5) is 4.30. The summed E-state index contributed by atoms with van der Waals surface area (Å²) in [5.41, 5.74) is 5.37. The molecule has 0 aromatic heterocycles. The van der Waals surface area contributed by atoms with Gasteiger partial charge in [0, 0.05) is 18.5 Å². The Morgan fingerprint density at radius 3 is 2.58 bits per heavy atom. The van der Waals surface area contributed by atoms with Crippen LogP contribution in [0.3, 0.4) is 0 Å². The van der Waals surface area contributed by atoms with Crippen LogP contribution in [0.4, 0.5) is 5.69 Å². The first-order chi connectivity index (χ1) is 11.6. The number of nitrogens with one attached hydrogen (secondary N) is 1. The molecule has 24 heavy (non-hydrogen) atoms. The van der Waals surface area contributed by atoms with Gasteiger partial charge < -0.3 is 4.74 Å². The molecular weight excluding hydrogens is 345 g/mol. The number of hydrogen-bond acceptors (Lipinski definition) is 3. The number of hydrazine groups is 1. The summed E-state index contributed by atoms with van der Waals surface area (Å²) < 4.78 is 5.52. The van der Waals surface area contributed by atoms with E-state index < -0.39 is 0 Å². The van der Waals surface area contributed by atoms with Gasteiger partial charge in [-0.15, -0.1) is 0 Å². The lowest BCUT2D eigenvalue weighted by atomic mass is 10.0. The minimum absolute atomic E-state index is 0.0954. The molecule has 0 saturated carbocycles. The lowest BCUT2D eigenvalue weighted by molar-refractivity contribution is 0.340. The standard InChI is InChI=1S/C18H19Cl2N3O/c1-3-24-14-7-4-12(5-8-14)17-11-18(21-2)22-23(17)16-9-6-13(19)10-15(16)20/h4-10,17H,3,11H2,1-2H3,(H,21,22). The van der Waals surface area contributed by atoms with Crippen LogP contribution in [0.25, 0.3) is 0 Å². The fourth-order valence-electron chi connectivity index (χ4n) is 2.80. The molecule has 2 aromatic rings. The van der Waals surface area contributed by atoms with E-state index in [0.717, 1.165) is 29.3 Å². The summed E-state index contributed by atoms with van der Waals surface area (Å²) in [6.07, 6.45) is 0.781. The van der Waals surface area contributed by atoms with Gasteiger partial charge in [0.25, 0.3) is 0 Å². The van der Waals surface area contributed by atoms with E-state index >= 15 is 0 Å². The zero-order chi connectivity index (χ0) is 17.1. The van der Waals surface area contributed by atoms with Crippen LogP contribution in [0.5, 0.6) is 5.75 Å². The van der Waals surface area contributed by atoms with E-state index in [9.17, 15) is 0 Å². The number of hydrogen-bond donors (Lipinski definition) is 1. The third kappa shape index (κ3) is 3.45. The van der Waals surface area contributed by atoms with Gasteiger partial charge in [0.05, 0.1) is 23.4 Å². The topological polar surface area (TPSA) is 36.9 Å². The molecule has 1 saturated heterocycles. The summed E-state index contributed by atoms with van der Waals surface area (Å²) in [5.74, 6) is 1.78. The maximum absolute atomic E-state index is 6.39.